The molecule has 4 atom stereocenters. The number of aromatic nitrogens is 1. The number of pyridine rings is 1. The van der Waals surface area contributed by atoms with Crippen LogP contribution in [0.4, 0.5) is 0 Å². The molecule has 1 N–H and O–H groups in total. The van der Waals surface area contributed by atoms with Crippen LogP contribution in [0.25, 0.3) is 0 Å². The first kappa shape index (κ1) is 20.3. The predicted molar refractivity (Wildman–Crippen MR) is 112 cm³/mol. The highest BCUT2D eigenvalue weighted by Crippen LogP contribution is 2.41. The Bertz CT molecular complexity index is 708. The molecule has 1 aromatic rings. The van der Waals surface area contributed by atoms with E-state index in [1.54, 1.807) is 6.20 Å². The number of nitrogens with zero attached hydrogens (tertiary/aromatic N) is 3. The van der Waals surface area contributed by atoms with Crippen LogP contribution in [0.2, 0.25) is 0 Å². The number of amides is 2. The molecule has 0 aromatic carbocycles. The Morgan fingerprint density at radius 1 is 1.31 bits per heavy atom. The lowest BCUT2D eigenvalue weighted by Gasteiger charge is -2.56. The van der Waals surface area contributed by atoms with Crippen molar-refractivity contribution in [3.8, 4) is 0 Å². The molecule has 0 spiro atoms. The maximum Gasteiger partial charge on any atom is 0.223 e. The summed E-state index contributed by atoms with van der Waals surface area (Å²) in [6.07, 6.45) is 9.89. The van der Waals surface area contributed by atoms with Crippen molar-refractivity contribution < 1.29 is 9.59 Å². The highest BCUT2D eigenvalue weighted by Gasteiger charge is 2.49. The van der Waals surface area contributed by atoms with E-state index in [1.807, 2.05) is 18.3 Å². The molecule has 3 fully saturated rings. The molecule has 6 heteroatoms. The van der Waals surface area contributed by atoms with Gasteiger partial charge in [-0.15, -0.1) is 0 Å². The second-order valence-corrected chi connectivity index (χ2v) is 9.01. The molecule has 3 aliphatic rings. The van der Waals surface area contributed by atoms with Crippen molar-refractivity contribution in [3.63, 3.8) is 0 Å². The number of aryl methyl sites for hydroxylation is 1. The SMILES string of the molecule is CCCN1C[C@H]2C[C@@H](C1)[C@H](CNC(=O)CCc1cccnc1)N1C(=O)CCC[C@@H]21. The third-order valence-electron chi connectivity index (χ3n) is 6.98. The topological polar surface area (TPSA) is 65.5 Å². The average molecular weight is 399 g/mol. The van der Waals surface area contributed by atoms with Gasteiger partial charge in [-0.1, -0.05) is 13.0 Å². The first-order valence-corrected chi connectivity index (χ1v) is 11.3. The normalized spacial score (nSPS) is 29.4. The maximum absolute atomic E-state index is 12.8. The van der Waals surface area contributed by atoms with E-state index in [4.69, 9.17) is 0 Å². The standard InChI is InChI=1S/C23H34N4O2/c1-2-11-26-15-18-12-19(16-26)21(27-20(18)6-3-7-23(27)29)14-25-22(28)9-8-17-5-4-10-24-13-17/h4-5,10,13,18-21H,2-3,6-9,11-12,14-16H2,1H3,(H,25,28)/t18-,19+,20+,21+/m1/s1. The number of likely N-dealkylation sites (tertiary alicyclic amines) is 1. The van der Waals surface area contributed by atoms with Crippen LogP contribution in [0.3, 0.4) is 0 Å². The molecule has 4 heterocycles. The Hall–Kier alpha value is -1.95. The molecule has 4 rings (SSSR count). The van der Waals surface area contributed by atoms with Crippen molar-refractivity contribution in [3.05, 3.63) is 30.1 Å². The Balaban J connectivity index is 1.39. The molecule has 0 aliphatic carbocycles. The fraction of sp³-hybridized carbons (Fsp3) is 0.696. The molecule has 0 saturated carbocycles. The lowest BCUT2D eigenvalue weighted by Crippen LogP contribution is -2.67. The van der Waals surface area contributed by atoms with Gasteiger partial charge in [-0.2, -0.15) is 0 Å². The quantitative estimate of drug-likeness (QED) is 0.765. The van der Waals surface area contributed by atoms with E-state index in [9.17, 15) is 9.59 Å². The van der Waals surface area contributed by atoms with Crippen LogP contribution in [0.1, 0.15) is 51.0 Å². The minimum atomic E-state index is 0.0678. The highest BCUT2D eigenvalue weighted by atomic mass is 16.2. The first-order chi connectivity index (χ1) is 14.2. The van der Waals surface area contributed by atoms with Crippen molar-refractivity contribution >= 4 is 11.8 Å². The molecule has 0 radical (unpaired) electrons. The second kappa shape index (κ2) is 9.24. The van der Waals surface area contributed by atoms with E-state index in [-0.39, 0.29) is 11.9 Å². The Morgan fingerprint density at radius 2 is 2.17 bits per heavy atom. The van der Waals surface area contributed by atoms with Gasteiger partial charge < -0.3 is 15.1 Å². The van der Waals surface area contributed by atoms with Gasteiger partial charge in [-0.25, -0.2) is 0 Å². The highest BCUT2D eigenvalue weighted by molar-refractivity contribution is 5.79. The molecule has 3 aliphatic heterocycles. The van der Waals surface area contributed by atoms with Gasteiger partial charge in [0, 0.05) is 50.9 Å². The molecule has 29 heavy (non-hydrogen) atoms. The average Bonchev–Trinajstić information content (AvgIpc) is 2.73. The van der Waals surface area contributed by atoms with Crippen LogP contribution >= 0.6 is 0 Å². The fourth-order valence-corrected chi connectivity index (χ4v) is 5.74. The summed E-state index contributed by atoms with van der Waals surface area (Å²) in [5, 5.41) is 3.15. The van der Waals surface area contributed by atoms with Crippen molar-refractivity contribution in [2.75, 3.05) is 26.2 Å². The maximum atomic E-state index is 12.8. The molecular formula is C23H34N4O2. The van der Waals surface area contributed by atoms with Crippen LogP contribution in [-0.4, -0.2) is 64.9 Å². The molecule has 1 aromatic heterocycles. The van der Waals surface area contributed by atoms with E-state index < -0.39 is 0 Å². The van der Waals surface area contributed by atoms with Gasteiger partial charge in [0.2, 0.25) is 11.8 Å². The fourth-order valence-electron chi connectivity index (χ4n) is 5.74. The predicted octanol–water partition coefficient (Wildman–Crippen LogP) is 2.24. The van der Waals surface area contributed by atoms with Crippen LogP contribution in [0.5, 0.6) is 0 Å². The zero-order valence-corrected chi connectivity index (χ0v) is 17.6. The number of nitrogens with one attached hydrogen (secondary N) is 1. The van der Waals surface area contributed by atoms with Crippen molar-refractivity contribution in [1.82, 2.24) is 20.1 Å². The Morgan fingerprint density at radius 3 is 2.97 bits per heavy atom. The third-order valence-corrected chi connectivity index (χ3v) is 6.98. The van der Waals surface area contributed by atoms with Crippen LogP contribution in [0, 0.1) is 11.8 Å². The van der Waals surface area contributed by atoms with Gasteiger partial charge in [0.15, 0.2) is 0 Å². The molecule has 2 bridgehead atoms. The van der Waals surface area contributed by atoms with Crippen molar-refractivity contribution in [2.24, 2.45) is 11.8 Å². The minimum absolute atomic E-state index is 0.0678. The summed E-state index contributed by atoms with van der Waals surface area (Å²) in [5.74, 6) is 1.44. The largest absolute Gasteiger partial charge is 0.354 e. The van der Waals surface area contributed by atoms with Gasteiger partial charge in [0.1, 0.15) is 0 Å². The first-order valence-electron chi connectivity index (χ1n) is 11.3. The molecule has 158 valence electrons. The van der Waals surface area contributed by atoms with Gasteiger partial charge in [-0.05, 0) is 62.1 Å². The number of carbonyl (C=O) groups is 2. The van der Waals surface area contributed by atoms with Gasteiger partial charge in [0.25, 0.3) is 0 Å². The summed E-state index contributed by atoms with van der Waals surface area (Å²) in [6, 6.07) is 4.41. The molecule has 3 saturated heterocycles. The number of hydrogen-bond acceptors (Lipinski definition) is 4. The van der Waals surface area contributed by atoms with E-state index in [1.165, 1.54) is 12.8 Å². The summed E-state index contributed by atoms with van der Waals surface area (Å²) in [4.78, 5) is 34.2. The summed E-state index contributed by atoms with van der Waals surface area (Å²) in [6.45, 7) is 6.14. The number of fused-ring (bicyclic) bond motifs is 4. The van der Waals surface area contributed by atoms with E-state index in [0.29, 0.717) is 49.6 Å². The van der Waals surface area contributed by atoms with Gasteiger partial charge >= 0.3 is 0 Å². The molecule has 0 unspecified atom stereocenters. The molecular weight excluding hydrogens is 364 g/mol. The van der Waals surface area contributed by atoms with Crippen LogP contribution < -0.4 is 5.32 Å². The van der Waals surface area contributed by atoms with E-state index in [0.717, 1.165) is 38.0 Å². The number of rotatable bonds is 7. The molecule has 2 amide bonds. The van der Waals surface area contributed by atoms with E-state index in [2.05, 4.69) is 27.0 Å². The summed E-state index contributed by atoms with van der Waals surface area (Å²) in [5.41, 5.74) is 1.08. The van der Waals surface area contributed by atoms with E-state index >= 15 is 0 Å². The third kappa shape index (κ3) is 4.63. The zero-order valence-electron chi connectivity index (χ0n) is 17.6. The van der Waals surface area contributed by atoms with Crippen LogP contribution in [-0.2, 0) is 16.0 Å². The number of carbonyl (C=O) groups excluding carboxylic acids is 2. The lowest BCUT2D eigenvalue weighted by molar-refractivity contribution is -0.153. The van der Waals surface area contributed by atoms with Gasteiger partial charge in [-0.3, -0.25) is 14.6 Å². The lowest BCUT2D eigenvalue weighted by atomic mass is 9.72. The van der Waals surface area contributed by atoms with Gasteiger partial charge in [0.05, 0.1) is 6.04 Å². The smallest absolute Gasteiger partial charge is 0.223 e. The zero-order chi connectivity index (χ0) is 20.2. The van der Waals surface area contributed by atoms with Crippen LogP contribution in [0.15, 0.2) is 24.5 Å². The van der Waals surface area contributed by atoms with Crippen molar-refractivity contribution in [2.45, 2.75) is 64.0 Å². The Labute approximate surface area is 174 Å². The summed E-state index contributed by atoms with van der Waals surface area (Å²) < 4.78 is 0. The second-order valence-electron chi connectivity index (χ2n) is 9.01. The Kier molecular flexibility index (Phi) is 6.48. The summed E-state index contributed by atoms with van der Waals surface area (Å²) >= 11 is 0. The summed E-state index contributed by atoms with van der Waals surface area (Å²) in [7, 11) is 0. The van der Waals surface area contributed by atoms with Crippen molar-refractivity contribution in [1.29, 1.82) is 0 Å². The molecule has 6 nitrogen and oxygen atoms in total. The minimum Gasteiger partial charge on any atom is -0.354 e. The monoisotopic (exact) mass is 398 g/mol. The number of hydrogen-bond donors (Lipinski definition) is 1. The number of piperidine rings is 3.